The lowest BCUT2D eigenvalue weighted by molar-refractivity contribution is -0.387. The summed E-state index contributed by atoms with van der Waals surface area (Å²) in [6.45, 7) is 2.69. The second-order valence-corrected chi connectivity index (χ2v) is 5.20. The zero-order valence-electron chi connectivity index (χ0n) is 11.4. The van der Waals surface area contributed by atoms with Crippen LogP contribution in [0.3, 0.4) is 0 Å². The largest absolute Gasteiger partial charge is 0.506 e. The average Bonchev–Trinajstić information content (AvgIpc) is 2.37. The van der Waals surface area contributed by atoms with E-state index in [0.717, 1.165) is 12.1 Å². The van der Waals surface area contributed by atoms with Gasteiger partial charge < -0.3 is 14.7 Å². The lowest BCUT2D eigenvalue weighted by atomic mass is 9.93. The molecule has 0 bridgehead atoms. The van der Waals surface area contributed by atoms with Gasteiger partial charge in [-0.2, -0.15) is 4.39 Å². The number of carboxylic acid groups (broad SMARTS) is 1. The first-order chi connectivity index (χ1) is 9.81. The first-order valence-electron chi connectivity index (χ1n) is 6.41. The third kappa shape index (κ3) is 3.39. The maximum absolute atomic E-state index is 13.6. The second kappa shape index (κ2) is 5.55. The lowest BCUT2D eigenvalue weighted by Crippen LogP contribution is -2.45. The number of carbonyl (C=O) groups is 1. The molecule has 1 aliphatic heterocycles. The van der Waals surface area contributed by atoms with Crippen LogP contribution in [0.1, 0.15) is 19.8 Å². The number of ether oxygens (including phenoxy) is 1. The summed E-state index contributed by atoms with van der Waals surface area (Å²) in [5.74, 6) is -0.882. The van der Waals surface area contributed by atoms with E-state index in [1.807, 2.05) is 4.90 Å². The maximum atomic E-state index is 13.6. The van der Waals surface area contributed by atoms with Gasteiger partial charge in [0.2, 0.25) is 5.82 Å². The number of hydrogen-bond donors (Lipinski definition) is 1. The molecule has 7 nitrogen and oxygen atoms in total. The highest BCUT2D eigenvalue weighted by atomic mass is 19.1. The second-order valence-electron chi connectivity index (χ2n) is 5.20. The van der Waals surface area contributed by atoms with Crippen LogP contribution in [0.25, 0.3) is 0 Å². The van der Waals surface area contributed by atoms with Gasteiger partial charge in [-0.1, -0.05) is 0 Å². The van der Waals surface area contributed by atoms with Gasteiger partial charge >= 0.3 is 11.8 Å². The van der Waals surface area contributed by atoms with E-state index in [9.17, 15) is 19.3 Å². The zero-order valence-corrected chi connectivity index (χ0v) is 11.4. The average molecular weight is 298 g/mol. The summed E-state index contributed by atoms with van der Waals surface area (Å²) in [6.07, 6.45) is -0.372. The fourth-order valence-corrected chi connectivity index (χ4v) is 2.39. The minimum Gasteiger partial charge on any atom is -0.450 e. The summed E-state index contributed by atoms with van der Waals surface area (Å²) < 4.78 is 18.5. The summed E-state index contributed by atoms with van der Waals surface area (Å²) >= 11 is 0. The summed E-state index contributed by atoms with van der Waals surface area (Å²) in [5.41, 5.74) is -0.771. The highest BCUT2D eigenvalue weighted by Crippen LogP contribution is 2.30. The highest BCUT2D eigenvalue weighted by Gasteiger charge is 2.34. The van der Waals surface area contributed by atoms with Crippen molar-refractivity contribution in [2.45, 2.75) is 25.4 Å². The molecular weight excluding hydrogens is 283 g/mol. The number of piperidine rings is 1. The Morgan fingerprint density at radius 3 is 2.57 bits per heavy atom. The summed E-state index contributed by atoms with van der Waals surface area (Å²) in [7, 11) is 0. The fraction of sp³-hybridized carbons (Fsp3) is 0.462. The van der Waals surface area contributed by atoms with Crippen molar-refractivity contribution in [3.05, 3.63) is 34.1 Å². The molecule has 0 amide bonds. The summed E-state index contributed by atoms with van der Waals surface area (Å²) in [5, 5.41) is 19.3. The molecular formula is C13H15FN2O5. The molecule has 8 heteroatoms. The Morgan fingerprint density at radius 2 is 2.10 bits per heavy atom. The van der Waals surface area contributed by atoms with E-state index in [0.29, 0.717) is 31.6 Å². The monoisotopic (exact) mass is 298 g/mol. The van der Waals surface area contributed by atoms with Gasteiger partial charge in [-0.15, -0.1) is 0 Å². The van der Waals surface area contributed by atoms with Gasteiger partial charge in [-0.3, -0.25) is 10.1 Å². The van der Waals surface area contributed by atoms with Gasteiger partial charge in [0, 0.05) is 43.8 Å². The molecule has 2 rings (SSSR count). The van der Waals surface area contributed by atoms with Crippen molar-refractivity contribution in [3.8, 4) is 0 Å². The molecule has 1 aliphatic rings. The van der Waals surface area contributed by atoms with Crippen LogP contribution < -0.4 is 4.90 Å². The molecule has 1 aromatic carbocycles. The molecule has 1 saturated heterocycles. The molecule has 1 heterocycles. The Morgan fingerprint density at radius 1 is 1.48 bits per heavy atom. The third-order valence-corrected chi connectivity index (χ3v) is 3.65. The topological polar surface area (TPSA) is 92.9 Å². The number of nitrogens with zero attached hydrogens (tertiary/aromatic N) is 2. The van der Waals surface area contributed by atoms with Gasteiger partial charge in [-0.25, -0.2) is 4.79 Å². The zero-order chi connectivity index (χ0) is 15.6. The van der Waals surface area contributed by atoms with Gasteiger partial charge in [0.15, 0.2) is 0 Å². The first kappa shape index (κ1) is 15.0. The van der Waals surface area contributed by atoms with Crippen LogP contribution in [0, 0.1) is 15.9 Å². The predicted octanol–water partition coefficient (Wildman–Crippen LogP) is 2.79. The Balaban J connectivity index is 2.07. The van der Waals surface area contributed by atoms with E-state index in [1.54, 1.807) is 6.92 Å². The molecule has 0 spiro atoms. The Kier molecular flexibility index (Phi) is 3.97. The molecule has 1 N–H and O–H groups in total. The van der Waals surface area contributed by atoms with Gasteiger partial charge in [0.25, 0.3) is 0 Å². The van der Waals surface area contributed by atoms with Crippen molar-refractivity contribution in [2.75, 3.05) is 18.0 Å². The third-order valence-electron chi connectivity index (χ3n) is 3.65. The van der Waals surface area contributed by atoms with E-state index in [2.05, 4.69) is 0 Å². The molecule has 0 aromatic heterocycles. The number of anilines is 1. The number of nitro groups is 1. The first-order valence-corrected chi connectivity index (χ1v) is 6.41. The van der Waals surface area contributed by atoms with E-state index in [4.69, 9.17) is 9.84 Å². The molecule has 0 radical (unpaired) electrons. The normalized spacial score (nSPS) is 17.3. The smallest absolute Gasteiger partial charge is 0.450 e. The molecule has 21 heavy (non-hydrogen) atoms. The van der Waals surface area contributed by atoms with Crippen LogP contribution >= 0.6 is 0 Å². The van der Waals surface area contributed by atoms with E-state index < -0.39 is 28.2 Å². The van der Waals surface area contributed by atoms with Crippen LogP contribution in [0.5, 0.6) is 0 Å². The Hall–Kier alpha value is -2.38. The summed E-state index contributed by atoms with van der Waals surface area (Å²) in [4.78, 5) is 22.3. The summed E-state index contributed by atoms with van der Waals surface area (Å²) in [6, 6.07) is 3.74. The van der Waals surface area contributed by atoms with Crippen molar-refractivity contribution >= 4 is 17.5 Å². The van der Waals surface area contributed by atoms with Crippen molar-refractivity contribution in [2.24, 2.45) is 0 Å². The molecule has 0 unspecified atom stereocenters. The number of rotatable bonds is 3. The number of halogens is 1. The molecule has 0 aliphatic carbocycles. The lowest BCUT2D eigenvalue weighted by Gasteiger charge is -2.39. The van der Waals surface area contributed by atoms with Gasteiger partial charge in [0.1, 0.15) is 5.60 Å². The molecule has 1 fully saturated rings. The van der Waals surface area contributed by atoms with E-state index >= 15 is 0 Å². The Labute approximate surface area is 120 Å². The van der Waals surface area contributed by atoms with Crippen molar-refractivity contribution in [3.63, 3.8) is 0 Å². The van der Waals surface area contributed by atoms with Crippen molar-refractivity contribution < 1.29 is 24.0 Å². The minimum atomic E-state index is -1.31. The van der Waals surface area contributed by atoms with E-state index in [-0.39, 0.29) is 0 Å². The molecule has 0 atom stereocenters. The molecule has 1 aromatic rings. The number of hydrogen-bond acceptors (Lipinski definition) is 5. The molecule has 114 valence electrons. The minimum absolute atomic E-state index is 0.470. The highest BCUT2D eigenvalue weighted by molar-refractivity contribution is 5.58. The van der Waals surface area contributed by atoms with Crippen LogP contribution in [-0.2, 0) is 4.74 Å². The van der Waals surface area contributed by atoms with Gasteiger partial charge in [0.05, 0.1) is 4.92 Å². The van der Waals surface area contributed by atoms with Gasteiger partial charge in [-0.05, 0) is 13.0 Å². The predicted molar refractivity (Wildman–Crippen MR) is 72.0 cm³/mol. The quantitative estimate of drug-likeness (QED) is 0.524. The maximum Gasteiger partial charge on any atom is 0.506 e. The fourth-order valence-electron chi connectivity index (χ4n) is 2.39. The van der Waals surface area contributed by atoms with Crippen LogP contribution in [0.2, 0.25) is 0 Å². The standard InChI is InChI=1S/C13H15FN2O5/c1-13(21-12(17)18)4-6-15(7-5-13)9-2-3-11(16(19)20)10(14)8-9/h2-3,8H,4-7H2,1H3,(H,17,18). The molecule has 0 saturated carbocycles. The van der Waals surface area contributed by atoms with E-state index in [1.165, 1.54) is 6.07 Å². The van der Waals surface area contributed by atoms with Crippen molar-refractivity contribution in [1.82, 2.24) is 0 Å². The van der Waals surface area contributed by atoms with Crippen molar-refractivity contribution in [1.29, 1.82) is 0 Å². The number of nitro benzene ring substituents is 1. The van der Waals surface area contributed by atoms with Crippen LogP contribution in [0.15, 0.2) is 18.2 Å². The Bertz CT molecular complexity index is 570. The van der Waals surface area contributed by atoms with Crippen LogP contribution in [0.4, 0.5) is 20.6 Å². The number of benzene rings is 1. The SMILES string of the molecule is CC1(OC(=O)O)CCN(c2ccc([N+](=O)[O-])c(F)c2)CC1. The van der Waals surface area contributed by atoms with Crippen LogP contribution in [-0.4, -0.2) is 34.9 Å².